The maximum Gasteiger partial charge on any atom is 0.673 e. The number of hydrogen-bond acceptors (Lipinski definition) is 1. The van der Waals surface area contributed by atoms with Crippen molar-refractivity contribution < 1.29 is 34.5 Å². The first-order valence-electron chi connectivity index (χ1n) is 2.86. The number of rotatable bonds is 0. The predicted octanol–water partition coefficient (Wildman–Crippen LogP) is 2.57. The van der Waals surface area contributed by atoms with Gasteiger partial charge >= 0.3 is 14.5 Å². The van der Waals surface area contributed by atoms with E-state index in [1.54, 1.807) is 0 Å². The molecule has 0 aromatic heterocycles. The van der Waals surface area contributed by atoms with Crippen LogP contribution >= 0.6 is 0 Å². The van der Waals surface area contributed by atoms with Gasteiger partial charge in [0, 0.05) is 0 Å². The van der Waals surface area contributed by atoms with E-state index in [0.717, 1.165) is 6.54 Å². The fraction of sp³-hybridized carbons (Fsp3) is 1.00. The zero-order valence-corrected chi connectivity index (χ0v) is 6.46. The van der Waals surface area contributed by atoms with Gasteiger partial charge < -0.3 is 40.3 Å². The summed E-state index contributed by atoms with van der Waals surface area (Å²) in [4.78, 5) is 0. The molecule has 0 bridgehead atoms. The Morgan fingerprint density at radius 3 is 0.769 bits per heavy atom. The zero-order chi connectivity index (χ0) is 11.7. The molecule has 0 saturated heterocycles. The van der Waals surface area contributed by atoms with Crippen LogP contribution in [0.4, 0.5) is 34.5 Å². The molecule has 0 rings (SSSR count). The summed E-state index contributed by atoms with van der Waals surface area (Å²) in [7, 11) is -12.0. The lowest BCUT2D eigenvalue weighted by Crippen LogP contribution is -2.02. The Kier molecular flexibility index (Phi) is 11.5. The number of halogens is 8. The minimum absolute atomic E-state index is 0.750. The summed E-state index contributed by atoms with van der Waals surface area (Å²) in [6.45, 7) is 2.65. The molecule has 0 heterocycles. The van der Waals surface area contributed by atoms with Crippen LogP contribution in [0.5, 0.6) is 0 Å². The highest BCUT2D eigenvalue weighted by molar-refractivity contribution is 6.50. The maximum atomic E-state index is 9.75. The molecule has 0 aromatic rings. The van der Waals surface area contributed by atoms with Gasteiger partial charge in [-0.1, -0.05) is 6.92 Å². The molecule has 0 fully saturated rings. The minimum Gasteiger partial charge on any atom is -0.418 e. The van der Waals surface area contributed by atoms with Crippen LogP contribution in [0.1, 0.15) is 6.92 Å². The molecule has 1 nitrogen and oxygen atoms in total. The molecule has 0 amide bonds. The summed E-state index contributed by atoms with van der Waals surface area (Å²) in [5.74, 6) is 0. The predicted molar refractivity (Wildman–Crippen MR) is 35.1 cm³/mol. The van der Waals surface area contributed by atoms with Crippen molar-refractivity contribution in [3.63, 3.8) is 0 Å². The smallest absolute Gasteiger partial charge is 0.418 e. The Morgan fingerprint density at radius 1 is 0.769 bits per heavy atom. The van der Waals surface area contributed by atoms with Crippen LogP contribution in [-0.4, -0.2) is 21.1 Å². The van der Waals surface area contributed by atoms with Crippen molar-refractivity contribution in [3.8, 4) is 0 Å². The fourth-order valence-electron chi connectivity index (χ4n) is 0. The second-order valence-electron chi connectivity index (χ2n) is 1.40. The van der Waals surface area contributed by atoms with E-state index in [-0.39, 0.29) is 0 Å². The molecule has 0 aliphatic heterocycles. The van der Waals surface area contributed by atoms with Crippen molar-refractivity contribution in [1.82, 2.24) is 0 Å². The Morgan fingerprint density at radius 2 is 0.769 bits per heavy atom. The van der Waals surface area contributed by atoms with Crippen molar-refractivity contribution in [3.05, 3.63) is 0 Å². The lowest BCUT2D eigenvalue weighted by atomic mass is 10.3. The van der Waals surface area contributed by atoms with Gasteiger partial charge in [0.2, 0.25) is 0 Å². The second kappa shape index (κ2) is 8.14. The monoisotopic (exact) mass is 219 g/mol. The molecule has 2 N–H and O–H groups in total. The average Bonchev–Trinajstić information content (AvgIpc) is 1.52. The molecule has 0 radical (unpaired) electrons. The molecule has 11 heteroatoms. The Labute approximate surface area is 69.5 Å². The van der Waals surface area contributed by atoms with Crippen LogP contribution < -0.4 is 5.73 Å². The van der Waals surface area contributed by atoms with Gasteiger partial charge in [-0.05, 0) is 6.54 Å². The normalized spacial score (nSPS) is 10.6. The quantitative estimate of drug-likeness (QED) is 0.491. The Balaban J connectivity index is -0.000000120. The summed E-state index contributed by atoms with van der Waals surface area (Å²) in [5, 5.41) is 0. The first kappa shape index (κ1) is 18.3. The van der Waals surface area contributed by atoms with Crippen LogP contribution in [0, 0.1) is 0 Å². The second-order valence-corrected chi connectivity index (χ2v) is 1.40. The summed E-state index contributed by atoms with van der Waals surface area (Å²) in [6, 6.07) is 0. The van der Waals surface area contributed by atoms with Crippen LogP contribution in [0.3, 0.4) is 0 Å². The van der Waals surface area contributed by atoms with Crippen LogP contribution in [0.25, 0.3) is 0 Å². The number of hydrogen-bond donors (Lipinski definition) is 1. The summed E-state index contributed by atoms with van der Waals surface area (Å²) < 4.78 is 78.0. The summed E-state index contributed by atoms with van der Waals surface area (Å²) in [5.41, 5.74) is 4.85. The fourth-order valence-corrected chi connectivity index (χ4v) is 0. The maximum absolute atomic E-state index is 9.75. The highest BCUT2D eigenvalue weighted by Gasteiger charge is 2.21. The third kappa shape index (κ3) is 4740. The molecule has 0 atom stereocenters. The summed E-state index contributed by atoms with van der Waals surface area (Å²) >= 11 is 0. The van der Waals surface area contributed by atoms with E-state index >= 15 is 0 Å². The molecule has 0 unspecified atom stereocenters. The highest BCUT2D eigenvalue weighted by atomic mass is 19.5. The first-order chi connectivity index (χ1) is 5.41. The molecule has 0 aliphatic rings. The van der Waals surface area contributed by atoms with Gasteiger partial charge in [-0.15, -0.1) is 0 Å². The third-order valence-corrected chi connectivity index (χ3v) is 0. The van der Waals surface area contributed by atoms with Crippen LogP contribution in [0.2, 0.25) is 0 Å². The lowest BCUT2D eigenvalue weighted by molar-refractivity contribution is 0.366. The molecule has 0 saturated carbocycles. The molecule has 13 heavy (non-hydrogen) atoms. The van der Waals surface area contributed by atoms with E-state index in [9.17, 15) is 34.5 Å². The molecular formula is C2H7B2F8N-2. The first-order valence-corrected chi connectivity index (χ1v) is 2.86. The van der Waals surface area contributed by atoms with Gasteiger partial charge in [-0.3, -0.25) is 0 Å². The van der Waals surface area contributed by atoms with Gasteiger partial charge in [0.15, 0.2) is 0 Å². The van der Waals surface area contributed by atoms with Gasteiger partial charge in [0.1, 0.15) is 0 Å². The van der Waals surface area contributed by atoms with Gasteiger partial charge in [-0.2, -0.15) is 0 Å². The molecule has 0 aliphatic carbocycles. The van der Waals surface area contributed by atoms with E-state index in [2.05, 4.69) is 0 Å². The standard InChI is InChI=1S/C2H7N.2BF4/c1-2-3;2*2-1(3,4)5/h2-3H2,1H3;;/q;2*-1. The number of nitrogens with two attached hydrogens (primary N) is 1. The van der Waals surface area contributed by atoms with E-state index in [1.165, 1.54) is 0 Å². The van der Waals surface area contributed by atoms with Crippen molar-refractivity contribution in [2.75, 3.05) is 6.54 Å². The largest absolute Gasteiger partial charge is 0.673 e. The molecule has 84 valence electrons. The van der Waals surface area contributed by atoms with Crippen molar-refractivity contribution in [1.29, 1.82) is 0 Å². The van der Waals surface area contributed by atoms with Crippen LogP contribution in [0.15, 0.2) is 0 Å². The third-order valence-electron chi connectivity index (χ3n) is 0. The van der Waals surface area contributed by atoms with E-state index in [0.29, 0.717) is 0 Å². The van der Waals surface area contributed by atoms with Crippen LogP contribution in [-0.2, 0) is 0 Å². The van der Waals surface area contributed by atoms with E-state index < -0.39 is 14.5 Å². The van der Waals surface area contributed by atoms with Gasteiger partial charge in [0.05, 0.1) is 0 Å². The van der Waals surface area contributed by atoms with Crippen molar-refractivity contribution in [2.45, 2.75) is 6.92 Å². The summed E-state index contributed by atoms with van der Waals surface area (Å²) in [6.07, 6.45) is 0. The molecular weight excluding hydrogens is 212 g/mol. The highest BCUT2D eigenvalue weighted by Crippen LogP contribution is 2.07. The van der Waals surface area contributed by atoms with Gasteiger partial charge in [0.25, 0.3) is 0 Å². The minimum atomic E-state index is -6.00. The van der Waals surface area contributed by atoms with E-state index in [1.807, 2.05) is 6.92 Å². The lowest BCUT2D eigenvalue weighted by Gasteiger charge is -1.94. The zero-order valence-electron chi connectivity index (χ0n) is 6.46. The SMILES string of the molecule is CCN.F[B-](F)(F)F.F[B-](F)(F)F. The van der Waals surface area contributed by atoms with Crippen molar-refractivity contribution in [2.24, 2.45) is 5.73 Å². The Hall–Kier alpha value is -0.470. The molecule has 0 aromatic carbocycles. The van der Waals surface area contributed by atoms with E-state index in [4.69, 9.17) is 5.73 Å². The topological polar surface area (TPSA) is 26.0 Å². The van der Waals surface area contributed by atoms with Crippen molar-refractivity contribution >= 4 is 14.5 Å². The van der Waals surface area contributed by atoms with Gasteiger partial charge in [-0.25, -0.2) is 0 Å². The average molecular weight is 219 g/mol. The molecule has 0 spiro atoms. The Bertz CT molecular complexity index is 73.3.